The fourth-order valence-corrected chi connectivity index (χ4v) is 6.49. The van der Waals surface area contributed by atoms with Crippen molar-refractivity contribution in [2.75, 3.05) is 6.26 Å². The van der Waals surface area contributed by atoms with Crippen molar-refractivity contribution >= 4 is 53.2 Å². The van der Waals surface area contributed by atoms with Crippen LogP contribution >= 0.6 is 0 Å². The number of hydrogen-bond acceptors (Lipinski definition) is 5. The van der Waals surface area contributed by atoms with E-state index in [0.717, 1.165) is 18.2 Å². The van der Waals surface area contributed by atoms with E-state index in [9.17, 15) is 13.5 Å². The maximum atomic E-state index is 11.8. The van der Waals surface area contributed by atoms with Crippen LogP contribution < -0.4 is 5.32 Å². The van der Waals surface area contributed by atoms with Crippen LogP contribution in [0.25, 0.3) is 43.1 Å². The van der Waals surface area contributed by atoms with Crippen LogP contribution in [0.5, 0.6) is 0 Å². The Morgan fingerprint density at radius 3 is 2.18 bits per heavy atom. The van der Waals surface area contributed by atoms with E-state index in [-0.39, 0.29) is 0 Å². The lowest BCUT2D eigenvalue weighted by atomic mass is 9.87. The predicted octanol–water partition coefficient (Wildman–Crippen LogP) is 5.09. The number of benzene rings is 5. The molecule has 5 aromatic rings. The molecule has 1 saturated carbocycles. The van der Waals surface area contributed by atoms with E-state index in [1.54, 1.807) is 0 Å². The number of nitrogens with one attached hydrogen (secondary N) is 1. The molecule has 5 aromatic carbocycles. The van der Waals surface area contributed by atoms with Gasteiger partial charge in [0, 0.05) is 6.54 Å². The van der Waals surface area contributed by atoms with E-state index in [4.69, 9.17) is 4.18 Å². The number of aliphatic hydroxyl groups excluding tert-OH is 1. The third-order valence-electron chi connectivity index (χ3n) is 7.25. The zero-order valence-corrected chi connectivity index (χ0v) is 19.8. The summed E-state index contributed by atoms with van der Waals surface area (Å²) in [5, 5.41) is 23.9. The monoisotopic (exact) mass is 473 g/mol. The first kappa shape index (κ1) is 21.7. The lowest BCUT2D eigenvalue weighted by Crippen LogP contribution is -2.52. The van der Waals surface area contributed by atoms with E-state index < -0.39 is 28.4 Å². The molecular formula is C28H27NO4S. The standard InChI is InChI=1S/C28H27NO4S/c1-34(31,32)33-25-13-5-12-24(30)28(25)29-16-18-14-15-23-21-10-3-7-17-6-2-9-20(26(17)21)22-11-4-8-19(18)27(22)23/h2-4,6-11,14-15,24-25,28-30H,5,12-13,16H2,1H3/t24-,25+,28+/m1/s1. The summed E-state index contributed by atoms with van der Waals surface area (Å²) in [5.41, 5.74) is 1.11. The van der Waals surface area contributed by atoms with E-state index in [1.165, 1.54) is 43.1 Å². The molecule has 1 fully saturated rings. The van der Waals surface area contributed by atoms with Crippen LogP contribution in [0.15, 0.2) is 66.7 Å². The number of rotatable bonds is 5. The zero-order valence-electron chi connectivity index (χ0n) is 19.0. The van der Waals surface area contributed by atoms with Crippen molar-refractivity contribution in [3.05, 3.63) is 72.3 Å². The summed E-state index contributed by atoms with van der Waals surface area (Å²) in [6.45, 7) is 0.511. The minimum Gasteiger partial charge on any atom is -0.391 e. The molecule has 6 rings (SSSR count). The zero-order chi connectivity index (χ0) is 23.4. The van der Waals surface area contributed by atoms with E-state index in [1.807, 2.05) is 0 Å². The average molecular weight is 474 g/mol. The largest absolute Gasteiger partial charge is 0.391 e. The smallest absolute Gasteiger partial charge is 0.264 e. The highest BCUT2D eigenvalue weighted by atomic mass is 32.2. The van der Waals surface area contributed by atoms with Crippen molar-refractivity contribution < 1.29 is 17.7 Å². The first-order valence-corrected chi connectivity index (χ1v) is 13.6. The molecular weight excluding hydrogens is 446 g/mol. The molecule has 0 radical (unpaired) electrons. The highest BCUT2D eigenvalue weighted by molar-refractivity contribution is 7.86. The van der Waals surface area contributed by atoms with Crippen molar-refractivity contribution in [1.82, 2.24) is 5.32 Å². The molecule has 174 valence electrons. The molecule has 3 atom stereocenters. The lowest BCUT2D eigenvalue weighted by molar-refractivity contribution is 0.0166. The lowest BCUT2D eigenvalue weighted by Gasteiger charge is -2.35. The minimum atomic E-state index is -3.60. The number of fused-ring (bicyclic) bond motifs is 2. The van der Waals surface area contributed by atoms with Crippen molar-refractivity contribution in [1.29, 1.82) is 0 Å². The Labute approximate surface area is 198 Å². The molecule has 1 aliphatic rings. The Hall–Kier alpha value is -2.77. The van der Waals surface area contributed by atoms with Crippen LogP contribution in [0.1, 0.15) is 24.8 Å². The Balaban J connectivity index is 1.44. The molecule has 0 saturated heterocycles. The summed E-state index contributed by atoms with van der Waals surface area (Å²) in [4.78, 5) is 0. The number of aliphatic hydroxyl groups is 1. The van der Waals surface area contributed by atoms with Gasteiger partial charge >= 0.3 is 0 Å². The van der Waals surface area contributed by atoms with Gasteiger partial charge in [-0.3, -0.25) is 4.18 Å². The number of hydrogen-bond donors (Lipinski definition) is 2. The second-order valence-corrected chi connectivity index (χ2v) is 11.1. The van der Waals surface area contributed by atoms with Gasteiger partial charge in [0.05, 0.1) is 24.5 Å². The van der Waals surface area contributed by atoms with Gasteiger partial charge in [-0.2, -0.15) is 8.42 Å². The molecule has 0 amide bonds. The first-order chi connectivity index (χ1) is 16.4. The van der Waals surface area contributed by atoms with E-state index in [0.29, 0.717) is 19.4 Å². The average Bonchev–Trinajstić information content (AvgIpc) is 2.81. The van der Waals surface area contributed by atoms with Gasteiger partial charge in [0.1, 0.15) is 0 Å². The molecule has 5 nitrogen and oxygen atoms in total. The highest BCUT2D eigenvalue weighted by Gasteiger charge is 2.35. The SMILES string of the molecule is CS(=O)(=O)O[C@H]1CCC[C@@H](O)[C@@H]1NCc1ccc2c3cccc4cccc(c5cccc1c52)c43. The minimum absolute atomic E-state index is 0.441. The fourth-order valence-electron chi connectivity index (χ4n) is 5.82. The summed E-state index contributed by atoms with van der Waals surface area (Å²) >= 11 is 0. The highest BCUT2D eigenvalue weighted by Crippen LogP contribution is 2.41. The molecule has 1 aliphatic carbocycles. The van der Waals surface area contributed by atoms with Gasteiger partial charge in [-0.05, 0) is 67.9 Å². The molecule has 0 heterocycles. The van der Waals surface area contributed by atoms with Gasteiger partial charge in [0.2, 0.25) is 0 Å². The van der Waals surface area contributed by atoms with Crippen LogP contribution in [0.2, 0.25) is 0 Å². The molecule has 0 spiro atoms. The molecule has 0 bridgehead atoms. The maximum Gasteiger partial charge on any atom is 0.264 e. The van der Waals surface area contributed by atoms with Crippen molar-refractivity contribution in [2.45, 2.75) is 44.1 Å². The van der Waals surface area contributed by atoms with Crippen molar-refractivity contribution in [3.63, 3.8) is 0 Å². The predicted molar refractivity (Wildman–Crippen MR) is 138 cm³/mol. The normalized spacial score (nSPS) is 21.8. The third-order valence-corrected chi connectivity index (χ3v) is 7.84. The molecule has 2 N–H and O–H groups in total. The van der Waals surface area contributed by atoms with Gasteiger partial charge in [-0.25, -0.2) is 0 Å². The Morgan fingerprint density at radius 1 is 0.853 bits per heavy atom. The van der Waals surface area contributed by atoms with Crippen LogP contribution in [0.4, 0.5) is 0 Å². The first-order valence-electron chi connectivity index (χ1n) is 11.8. The van der Waals surface area contributed by atoms with Gasteiger partial charge in [0.25, 0.3) is 10.1 Å². The van der Waals surface area contributed by atoms with E-state index >= 15 is 0 Å². The van der Waals surface area contributed by atoms with Crippen LogP contribution in [0, 0.1) is 0 Å². The van der Waals surface area contributed by atoms with Crippen LogP contribution in [0.3, 0.4) is 0 Å². The van der Waals surface area contributed by atoms with Gasteiger partial charge < -0.3 is 10.4 Å². The van der Waals surface area contributed by atoms with E-state index in [2.05, 4.69) is 72.0 Å². The van der Waals surface area contributed by atoms with Crippen molar-refractivity contribution in [2.24, 2.45) is 0 Å². The molecule has 0 aromatic heterocycles. The summed E-state index contributed by atoms with van der Waals surface area (Å²) in [6.07, 6.45) is 1.83. The Kier molecular flexibility index (Phi) is 5.22. The molecule has 6 heteroatoms. The van der Waals surface area contributed by atoms with Gasteiger partial charge in [-0.1, -0.05) is 66.7 Å². The summed E-state index contributed by atoms with van der Waals surface area (Å²) in [6, 6.07) is 23.3. The van der Waals surface area contributed by atoms with Crippen molar-refractivity contribution in [3.8, 4) is 0 Å². The summed E-state index contributed by atoms with van der Waals surface area (Å²) < 4.78 is 28.8. The topological polar surface area (TPSA) is 75.6 Å². The van der Waals surface area contributed by atoms with Gasteiger partial charge in [-0.15, -0.1) is 0 Å². The Bertz CT molecular complexity index is 1580. The van der Waals surface area contributed by atoms with Gasteiger partial charge in [0.15, 0.2) is 0 Å². The third kappa shape index (κ3) is 3.62. The molecule has 0 aliphatic heterocycles. The maximum absolute atomic E-state index is 11.8. The summed E-state index contributed by atoms with van der Waals surface area (Å²) in [7, 11) is -3.60. The van der Waals surface area contributed by atoms with Crippen LogP contribution in [-0.2, 0) is 20.8 Å². The second kappa shape index (κ2) is 8.17. The summed E-state index contributed by atoms with van der Waals surface area (Å²) in [5.74, 6) is 0. The Morgan fingerprint density at radius 2 is 1.47 bits per heavy atom. The van der Waals surface area contributed by atoms with Crippen LogP contribution in [-0.4, -0.2) is 38.0 Å². The molecule has 0 unspecified atom stereocenters. The quantitative estimate of drug-likeness (QED) is 0.211. The second-order valence-electron chi connectivity index (χ2n) is 9.45. The molecule has 34 heavy (non-hydrogen) atoms. The fraction of sp³-hybridized carbons (Fsp3) is 0.286.